The predicted octanol–water partition coefficient (Wildman–Crippen LogP) is 1.52. The van der Waals surface area contributed by atoms with Crippen molar-refractivity contribution < 1.29 is 4.79 Å². The molecular formula is C12H11N5O. The first-order valence-corrected chi connectivity index (χ1v) is 5.48. The molecule has 0 radical (unpaired) electrons. The number of hydrogen-bond acceptors (Lipinski definition) is 4. The third-order valence-electron chi connectivity index (χ3n) is 2.82. The molecule has 0 fully saturated rings. The third kappa shape index (κ3) is 1.55. The molecule has 1 aliphatic rings. The van der Waals surface area contributed by atoms with Crippen molar-refractivity contribution in [2.45, 2.75) is 0 Å². The van der Waals surface area contributed by atoms with Crippen LogP contribution in [-0.2, 0) is 0 Å². The zero-order valence-corrected chi connectivity index (χ0v) is 9.69. The van der Waals surface area contributed by atoms with Gasteiger partial charge in [0.1, 0.15) is 0 Å². The van der Waals surface area contributed by atoms with Crippen LogP contribution >= 0.6 is 0 Å². The molecule has 2 aromatic rings. The highest BCUT2D eigenvalue weighted by Crippen LogP contribution is 2.35. The summed E-state index contributed by atoms with van der Waals surface area (Å²) in [6.45, 7) is 0. The van der Waals surface area contributed by atoms with Crippen molar-refractivity contribution in [1.29, 1.82) is 0 Å². The van der Waals surface area contributed by atoms with Crippen molar-refractivity contribution in [2.24, 2.45) is 4.99 Å². The molecule has 0 bridgehead atoms. The van der Waals surface area contributed by atoms with Gasteiger partial charge in [0, 0.05) is 18.2 Å². The summed E-state index contributed by atoms with van der Waals surface area (Å²) in [5, 5.41) is 12.5. The Kier molecular flexibility index (Phi) is 2.33. The highest BCUT2D eigenvalue weighted by Gasteiger charge is 2.16. The summed E-state index contributed by atoms with van der Waals surface area (Å²) >= 11 is 0. The maximum atomic E-state index is 11.6. The minimum atomic E-state index is -0.125. The van der Waals surface area contributed by atoms with Crippen molar-refractivity contribution in [3.8, 4) is 11.3 Å². The van der Waals surface area contributed by atoms with Gasteiger partial charge in [-0.3, -0.25) is 9.89 Å². The van der Waals surface area contributed by atoms with Gasteiger partial charge in [-0.1, -0.05) is 0 Å². The van der Waals surface area contributed by atoms with Gasteiger partial charge in [-0.05, 0) is 18.2 Å². The highest BCUT2D eigenvalue weighted by atomic mass is 16.1. The average molecular weight is 241 g/mol. The number of hydrogen-bond donors (Lipinski definition) is 3. The lowest BCUT2D eigenvalue weighted by atomic mass is 10.0. The molecule has 0 saturated carbocycles. The van der Waals surface area contributed by atoms with Crippen molar-refractivity contribution >= 4 is 23.6 Å². The fourth-order valence-corrected chi connectivity index (χ4v) is 1.91. The van der Waals surface area contributed by atoms with E-state index in [0.29, 0.717) is 5.56 Å². The molecule has 0 atom stereocenters. The van der Waals surface area contributed by atoms with Crippen LogP contribution in [0.5, 0.6) is 0 Å². The SMILES string of the molecule is CNC(=O)c1ccc2c(c1)-c1[nH]ncc1NC=N2. The van der Waals surface area contributed by atoms with Crippen molar-refractivity contribution in [1.82, 2.24) is 15.5 Å². The predicted molar refractivity (Wildman–Crippen MR) is 69.2 cm³/mol. The van der Waals surface area contributed by atoms with Gasteiger partial charge in [-0.2, -0.15) is 5.10 Å². The summed E-state index contributed by atoms with van der Waals surface area (Å²) in [5.74, 6) is -0.125. The second kappa shape index (κ2) is 3.99. The molecule has 1 aromatic carbocycles. The number of aromatic nitrogens is 2. The molecule has 1 aliphatic heterocycles. The first kappa shape index (κ1) is 10.5. The van der Waals surface area contributed by atoms with Crippen LogP contribution in [-0.4, -0.2) is 29.5 Å². The molecule has 1 amide bonds. The molecule has 0 spiro atoms. The third-order valence-corrected chi connectivity index (χ3v) is 2.82. The Morgan fingerprint density at radius 2 is 2.28 bits per heavy atom. The maximum Gasteiger partial charge on any atom is 0.251 e. The van der Waals surface area contributed by atoms with E-state index in [-0.39, 0.29) is 5.91 Å². The number of carbonyl (C=O) groups excluding carboxylic acids is 1. The highest BCUT2D eigenvalue weighted by molar-refractivity contribution is 5.99. The van der Waals surface area contributed by atoms with E-state index in [1.54, 1.807) is 31.7 Å². The van der Waals surface area contributed by atoms with E-state index in [1.807, 2.05) is 6.07 Å². The first-order chi connectivity index (χ1) is 8.79. The average Bonchev–Trinajstić information content (AvgIpc) is 2.80. The second-order valence-electron chi connectivity index (χ2n) is 3.87. The van der Waals surface area contributed by atoms with E-state index in [1.165, 1.54) is 0 Å². The molecule has 2 heterocycles. The van der Waals surface area contributed by atoms with E-state index >= 15 is 0 Å². The standard InChI is InChI=1S/C12H11N5O/c1-13-12(18)7-2-3-9-8(4-7)11-10(5-16-17-11)15-6-14-9/h2-6H,1H3,(H,13,18)(H,14,15)(H,16,17). The number of benzene rings is 1. The summed E-state index contributed by atoms with van der Waals surface area (Å²) in [6.07, 6.45) is 3.29. The Hall–Kier alpha value is -2.63. The van der Waals surface area contributed by atoms with Gasteiger partial charge >= 0.3 is 0 Å². The molecular weight excluding hydrogens is 230 g/mol. The summed E-state index contributed by atoms with van der Waals surface area (Å²) in [4.78, 5) is 15.9. The van der Waals surface area contributed by atoms with Crippen molar-refractivity contribution in [2.75, 3.05) is 12.4 Å². The molecule has 3 N–H and O–H groups in total. The van der Waals surface area contributed by atoms with E-state index in [0.717, 1.165) is 22.6 Å². The van der Waals surface area contributed by atoms with Crippen LogP contribution in [0.1, 0.15) is 10.4 Å². The topological polar surface area (TPSA) is 82.2 Å². The fourth-order valence-electron chi connectivity index (χ4n) is 1.91. The number of fused-ring (bicyclic) bond motifs is 3. The molecule has 0 unspecified atom stereocenters. The number of nitrogens with one attached hydrogen (secondary N) is 3. The normalized spacial score (nSPS) is 12.1. The lowest BCUT2D eigenvalue weighted by molar-refractivity contribution is 0.0963. The molecule has 18 heavy (non-hydrogen) atoms. The fraction of sp³-hybridized carbons (Fsp3) is 0.0833. The minimum absolute atomic E-state index is 0.125. The summed E-state index contributed by atoms with van der Waals surface area (Å²) in [5.41, 5.74) is 3.90. The first-order valence-electron chi connectivity index (χ1n) is 5.48. The Morgan fingerprint density at radius 1 is 1.39 bits per heavy atom. The van der Waals surface area contributed by atoms with Gasteiger partial charge in [0.2, 0.25) is 0 Å². The molecule has 3 rings (SSSR count). The number of anilines is 1. The number of H-pyrrole nitrogens is 1. The molecule has 6 heteroatoms. The summed E-state index contributed by atoms with van der Waals surface area (Å²) < 4.78 is 0. The number of aromatic amines is 1. The van der Waals surface area contributed by atoms with E-state index in [4.69, 9.17) is 0 Å². The lowest BCUT2D eigenvalue weighted by Crippen LogP contribution is -2.17. The van der Waals surface area contributed by atoms with Crippen molar-refractivity contribution in [3.63, 3.8) is 0 Å². The van der Waals surface area contributed by atoms with Crippen molar-refractivity contribution in [3.05, 3.63) is 30.0 Å². The number of aliphatic imine (C=N–C) groups is 1. The van der Waals surface area contributed by atoms with E-state index in [9.17, 15) is 4.79 Å². The van der Waals surface area contributed by atoms with Crippen LogP contribution in [0.15, 0.2) is 29.4 Å². The zero-order chi connectivity index (χ0) is 12.5. The van der Waals surface area contributed by atoms with Gasteiger partial charge in [0.15, 0.2) is 0 Å². The Morgan fingerprint density at radius 3 is 3.11 bits per heavy atom. The number of rotatable bonds is 1. The van der Waals surface area contributed by atoms with Gasteiger partial charge in [0.25, 0.3) is 5.91 Å². The molecule has 90 valence electrons. The van der Waals surface area contributed by atoms with Gasteiger partial charge in [-0.25, -0.2) is 4.99 Å². The van der Waals surface area contributed by atoms with Gasteiger partial charge in [0.05, 0.1) is 29.6 Å². The maximum absolute atomic E-state index is 11.6. The molecule has 0 saturated heterocycles. The molecule has 1 aromatic heterocycles. The largest absolute Gasteiger partial charge is 0.355 e. The Bertz CT molecular complexity index is 644. The number of carbonyl (C=O) groups is 1. The molecule has 6 nitrogen and oxygen atoms in total. The quantitative estimate of drug-likeness (QED) is 0.708. The Balaban J connectivity index is 2.20. The van der Waals surface area contributed by atoms with Gasteiger partial charge < -0.3 is 10.6 Å². The Labute approximate surface area is 103 Å². The molecule has 0 aliphatic carbocycles. The smallest absolute Gasteiger partial charge is 0.251 e. The zero-order valence-electron chi connectivity index (χ0n) is 9.69. The van der Waals surface area contributed by atoms with E-state index in [2.05, 4.69) is 25.8 Å². The lowest BCUT2D eigenvalue weighted by Gasteiger charge is -2.06. The monoisotopic (exact) mass is 241 g/mol. The van der Waals surface area contributed by atoms with Crippen LogP contribution in [0.4, 0.5) is 11.4 Å². The summed E-state index contributed by atoms with van der Waals surface area (Å²) in [7, 11) is 1.61. The summed E-state index contributed by atoms with van der Waals surface area (Å²) in [6, 6.07) is 5.36. The van der Waals surface area contributed by atoms with Gasteiger partial charge in [-0.15, -0.1) is 0 Å². The number of nitrogens with zero attached hydrogens (tertiary/aromatic N) is 2. The van der Waals surface area contributed by atoms with E-state index < -0.39 is 0 Å². The van der Waals surface area contributed by atoms with Crippen LogP contribution < -0.4 is 10.6 Å². The van der Waals surface area contributed by atoms with Crippen LogP contribution in [0.25, 0.3) is 11.3 Å². The minimum Gasteiger partial charge on any atom is -0.355 e. The van der Waals surface area contributed by atoms with Crippen LogP contribution in [0, 0.1) is 0 Å². The van der Waals surface area contributed by atoms with Crippen LogP contribution in [0.3, 0.4) is 0 Å². The van der Waals surface area contributed by atoms with Crippen LogP contribution in [0.2, 0.25) is 0 Å². The second-order valence-corrected chi connectivity index (χ2v) is 3.87. The number of amides is 1.